The third-order valence-electron chi connectivity index (χ3n) is 4.41. The number of carbonyl (C=O) groups is 1. The number of rotatable bonds is 2. The van der Waals surface area contributed by atoms with Crippen LogP contribution in [0.15, 0.2) is 35.3 Å². The molecule has 21 heavy (non-hydrogen) atoms. The molecule has 2 atom stereocenters. The van der Waals surface area contributed by atoms with E-state index in [4.69, 9.17) is 0 Å². The summed E-state index contributed by atoms with van der Waals surface area (Å²) in [7, 11) is 0. The lowest BCUT2D eigenvalue weighted by molar-refractivity contribution is 0.0738. The van der Waals surface area contributed by atoms with Crippen LogP contribution in [0.3, 0.4) is 0 Å². The average Bonchev–Trinajstić information content (AvgIpc) is 3.24. The molecule has 2 aromatic heterocycles. The first-order valence-electron chi connectivity index (χ1n) is 7.21. The summed E-state index contributed by atoms with van der Waals surface area (Å²) in [5.41, 5.74) is 0.815. The normalized spacial score (nSPS) is 24.4. The molecule has 0 aliphatic carbocycles. The second-order valence-electron chi connectivity index (χ2n) is 5.46. The molecule has 2 saturated heterocycles. The van der Waals surface area contributed by atoms with E-state index >= 15 is 0 Å². The zero-order valence-electron chi connectivity index (χ0n) is 11.6. The first-order chi connectivity index (χ1) is 10.3. The predicted molar refractivity (Wildman–Crippen MR) is 81.5 cm³/mol. The van der Waals surface area contributed by atoms with Crippen LogP contribution in [0.2, 0.25) is 0 Å². The summed E-state index contributed by atoms with van der Waals surface area (Å²) in [6.45, 7) is 1.75. The molecular weight excluding hydrogens is 284 g/mol. The molecule has 108 valence electrons. The Hall–Kier alpha value is -1.95. The van der Waals surface area contributed by atoms with Crippen molar-refractivity contribution in [3.05, 3.63) is 40.8 Å². The van der Waals surface area contributed by atoms with Crippen LogP contribution >= 0.6 is 11.3 Å². The second kappa shape index (κ2) is 5.11. The van der Waals surface area contributed by atoms with Crippen LogP contribution in [0, 0.1) is 0 Å². The molecule has 6 heteroatoms. The zero-order valence-corrected chi connectivity index (χ0v) is 12.4. The molecule has 2 aromatic rings. The fourth-order valence-electron chi connectivity index (χ4n) is 3.48. The molecule has 1 amide bonds. The van der Waals surface area contributed by atoms with Crippen molar-refractivity contribution < 1.29 is 4.79 Å². The van der Waals surface area contributed by atoms with E-state index in [9.17, 15) is 4.79 Å². The maximum atomic E-state index is 12.6. The SMILES string of the molecule is O=C(c1ccsc1)N1CC[C@H]2[C@H]1CCN2c1ncccn1. The Labute approximate surface area is 127 Å². The third kappa shape index (κ3) is 2.10. The summed E-state index contributed by atoms with van der Waals surface area (Å²) in [5, 5.41) is 3.89. The Morgan fingerprint density at radius 3 is 2.76 bits per heavy atom. The number of hydrogen-bond acceptors (Lipinski definition) is 5. The molecule has 0 aromatic carbocycles. The van der Waals surface area contributed by atoms with Crippen molar-refractivity contribution in [3.8, 4) is 0 Å². The van der Waals surface area contributed by atoms with Crippen molar-refractivity contribution in [1.29, 1.82) is 0 Å². The van der Waals surface area contributed by atoms with E-state index in [0.29, 0.717) is 12.1 Å². The van der Waals surface area contributed by atoms with Crippen LogP contribution in [-0.4, -0.2) is 45.9 Å². The average molecular weight is 300 g/mol. The highest BCUT2D eigenvalue weighted by Crippen LogP contribution is 2.34. The van der Waals surface area contributed by atoms with Gasteiger partial charge in [-0.25, -0.2) is 9.97 Å². The number of anilines is 1. The maximum Gasteiger partial charge on any atom is 0.255 e. The molecule has 2 aliphatic heterocycles. The molecule has 5 nitrogen and oxygen atoms in total. The highest BCUT2D eigenvalue weighted by molar-refractivity contribution is 7.08. The molecule has 0 saturated carbocycles. The van der Waals surface area contributed by atoms with Crippen LogP contribution in [0.5, 0.6) is 0 Å². The van der Waals surface area contributed by atoms with E-state index in [1.54, 1.807) is 23.7 Å². The summed E-state index contributed by atoms with van der Waals surface area (Å²) >= 11 is 1.57. The Balaban J connectivity index is 1.55. The molecule has 4 rings (SSSR count). The molecule has 0 spiro atoms. The van der Waals surface area contributed by atoms with E-state index < -0.39 is 0 Å². The fourth-order valence-corrected chi connectivity index (χ4v) is 4.11. The van der Waals surface area contributed by atoms with E-state index in [1.807, 2.05) is 27.8 Å². The van der Waals surface area contributed by atoms with Crippen molar-refractivity contribution in [3.63, 3.8) is 0 Å². The minimum Gasteiger partial charge on any atom is -0.336 e. The molecule has 2 fully saturated rings. The minimum absolute atomic E-state index is 0.166. The number of fused-ring (bicyclic) bond motifs is 1. The summed E-state index contributed by atoms with van der Waals surface area (Å²) in [5.74, 6) is 0.953. The van der Waals surface area contributed by atoms with Gasteiger partial charge in [0.2, 0.25) is 5.95 Å². The Kier molecular flexibility index (Phi) is 3.11. The van der Waals surface area contributed by atoms with E-state index in [0.717, 1.165) is 37.4 Å². The molecule has 2 aliphatic rings. The Morgan fingerprint density at radius 2 is 2.00 bits per heavy atom. The molecule has 0 radical (unpaired) electrons. The third-order valence-corrected chi connectivity index (χ3v) is 5.10. The quantitative estimate of drug-likeness (QED) is 0.851. The minimum atomic E-state index is 0.166. The number of aromatic nitrogens is 2. The second-order valence-corrected chi connectivity index (χ2v) is 6.24. The number of amides is 1. The highest BCUT2D eigenvalue weighted by atomic mass is 32.1. The van der Waals surface area contributed by atoms with Crippen LogP contribution in [0.4, 0.5) is 5.95 Å². The van der Waals surface area contributed by atoms with Gasteiger partial charge in [-0.3, -0.25) is 4.79 Å². The lowest BCUT2D eigenvalue weighted by Gasteiger charge is -2.25. The molecular formula is C15H16N4OS. The topological polar surface area (TPSA) is 49.3 Å². The molecule has 0 unspecified atom stereocenters. The van der Waals surface area contributed by atoms with Gasteiger partial charge in [-0.2, -0.15) is 11.3 Å². The smallest absolute Gasteiger partial charge is 0.255 e. The number of carbonyl (C=O) groups excluding carboxylic acids is 1. The van der Waals surface area contributed by atoms with Crippen molar-refractivity contribution in [2.75, 3.05) is 18.0 Å². The number of nitrogens with zero attached hydrogens (tertiary/aromatic N) is 4. The van der Waals surface area contributed by atoms with E-state index in [1.165, 1.54) is 0 Å². The monoisotopic (exact) mass is 300 g/mol. The van der Waals surface area contributed by atoms with Crippen LogP contribution < -0.4 is 4.90 Å². The van der Waals surface area contributed by atoms with Gasteiger partial charge >= 0.3 is 0 Å². The lowest BCUT2D eigenvalue weighted by Crippen LogP contribution is -2.40. The van der Waals surface area contributed by atoms with Crippen molar-refractivity contribution in [2.45, 2.75) is 24.9 Å². The first kappa shape index (κ1) is 12.8. The van der Waals surface area contributed by atoms with Gasteiger partial charge in [-0.15, -0.1) is 0 Å². The van der Waals surface area contributed by atoms with E-state index in [-0.39, 0.29) is 5.91 Å². The summed E-state index contributed by atoms with van der Waals surface area (Å²) in [6, 6.07) is 4.39. The number of likely N-dealkylation sites (tertiary alicyclic amines) is 1. The van der Waals surface area contributed by atoms with Crippen molar-refractivity contribution in [2.24, 2.45) is 0 Å². The van der Waals surface area contributed by atoms with Gasteiger partial charge in [0.05, 0.1) is 17.6 Å². The number of thiophene rings is 1. The van der Waals surface area contributed by atoms with Gasteiger partial charge in [-0.1, -0.05) is 0 Å². The van der Waals surface area contributed by atoms with Gasteiger partial charge in [0.25, 0.3) is 5.91 Å². The highest BCUT2D eigenvalue weighted by Gasteiger charge is 2.45. The predicted octanol–water partition coefficient (Wildman–Crippen LogP) is 2.03. The van der Waals surface area contributed by atoms with Gasteiger partial charge in [0.1, 0.15) is 0 Å². The van der Waals surface area contributed by atoms with Gasteiger partial charge in [0, 0.05) is 30.9 Å². The summed E-state index contributed by atoms with van der Waals surface area (Å²) < 4.78 is 0. The molecule has 0 bridgehead atoms. The standard InChI is InChI=1S/C15H16N4OS/c20-14(11-4-9-21-10-11)18-7-2-13-12(18)3-8-19(13)15-16-5-1-6-17-15/h1,4-6,9-10,12-13H,2-3,7-8H2/t12-,13+/m1/s1. The largest absolute Gasteiger partial charge is 0.336 e. The van der Waals surface area contributed by atoms with Crippen molar-refractivity contribution in [1.82, 2.24) is 14.9 Å². The summed E-state index contributed by atoms with van der Waals surface area (Å²) in [4.78, 5) is 25.6. The van der Waals surface area contributed by atoms with Crippen LogP contribution in [0.25, 0.3) is 0 Å². The lowest BCUT2D eigenvalue weighted by atomic mass is 10.1. The van der Waals surface area contributed by atoms with Gasteiger partial charge < -0.3 is 9.80 Å². The Bertz CT molecular complexity index is 630. The summed E-state index contributed by atoms with van der Waals surface area (Å²) in [6.07, 6.45) is 5.55. The zero-order chi connectivity index (χ0) is 14.2. The van der Waals surface area contributed by atoms with Crippen LogP contribution in [-0.2, 0) is 0 Å². The van der Waals surface area contributed by atoms with E-state index in [2.05, 4.69) is 14.9 Å². The molecule has 0 N–H and O–H groups in total. The fraction of sp³-hybridized carbons (Fsp3) is 0.400. The van der Waals surface area contributed by atoms with Gasteiger partial charge in [0.15, 0.2) is 0 Å². The Morgan fingerprint density at radius 1 is 1.19 bits per heavy atom. The van der Waals surface area contributed by atoms with Crippen LogP contribution in [0.1, 0.15) is 23.2 Å². The first-order valence-corrected chi connectivity index (χ1v) is 8.16. The van der Waals surface area contributed by atoms with Gasteiger partial charge in [-0.05, 0) is 30.4 Å². The maximum absolute atomic E-state index is 12.6. The van der Waals surface area contributed by atoms with Crippen molar-refractivity contribution >= 4 is 23.2 Å². The molecule has 4 heterocycles. The number of hydrogen-bond donors (Lipinski definition) is 0.